The third kappa shape index (κ3) is 7.11. The molecule has 4 N–H and O–H groups in total. The zero-order chi connectivity index (χ0) is 22.3. The minimum absolute atomic E-state index is 0.0612. The molecular weight excluding hydrogens is 398 g/mol. The van der Waals surface area contributed by atoms with Gasteiger partial charge in [0, 0.05) is 18.5 Å². The van der Waals surface area contributed by atoms with Gasteiger partial charge in [-0.2, -0.15) is 0 Å². The average Bonchev–Trinajstić information content (AvgIpc) is 2.59. The first-order valence-electron chi connectivity index (χ1n) is 8.83. The average molecular weight is 419 g/mol. The molecule has 0 aliphatic carbocycles. The maximum absolute atomic E-state index is 11.1. The van der Waals surface area contributed by atoms with Gasteiger partial charge in [0.15, 0.2) is 0 Å². The van der Waals surface area contributed by atoms with E-state index in [1.165, 1.54) is 9.80 Å². The molecule has 0 radical (unpaired) electrons. The molecule has 0 unspecified atom stereocenters. The molecule has 1 heterocycles. The van der Waals surface area contributed by atoms with Crippen LogP contribution >= 0.6 is 0 Å². The van der Waals surface area contributed by atoms with Crippen LogP contribution in [0.25, 0.3) is 10.8 Å². The molecule has 11 nitrogen and oxygen atoms in total. The number of hydrogen-bond donors (Lipinski definition) is 4. The Morgan fingerprint density at radius 1 is 0.733 bits per heavy atom. The zero-order valence-electron chi connectivity index (χ0n) is 15.9. The van der Waals surface area contributed by atoms with Crippen molar-refractivity contribution < 1.29 is 39.6 Å². The van der Waals surface area contributed by atoms with Gasteiger partial charge in [0.1, 0.15) is 0 Å². The van der Waals surface area contributed by atoms with E-state index in [9.17, 15) is 19.2 Å². The summed E-state index contributed by atoms with van der Waals surface area (Å²) in [5, 5.41) is 37.6. The molecule has 0 atom stereocenters. The summed E-state index contributed by atoms with van der Waals surface area (Å²) in [6.45, 7) is -2.13. The van der Waals surface area contributed by atoms with Gasteiger partial charge in [0.05, 0.1) is 37.6 Å². The Morgan fingerprint density at radius 2 is 1.20 bits per heavy atom. The number of rotatable bonds is 12. The van der Waals surface area contributed by atoms with E-state index >= 15 is 0 Å². The lowest BCUT2D eigenvalue weighted by Crippen LogP contribution is -2.35. The summed E-state index contributed by atoms with van der Waals surface area (Å²) in [4.78, 5) is 51.1. The van der Waals surface area contributed by atoms with Gasteiger partial charge < -0.3 is 20.4 Å². The second-order valence-corrected chi connectivity index (χ2v) is 6.65. The van der Waals surface area contributed by atoms with Crippen LogP contribution in [0.4, 0.5) is 0 Å². The van der Waals surface area contributed by atoms with Crippen molar-refractivity contribution in [1.82, 2.24) is 14.8 Å². The van der Waals surface area contributed by atoms with Crippen molar-refractivity contribution >= 4 is 34.6 Å². The van der Waals surface area contributed by atoms with Gasteiger partial charge in [-0.15, -0.1) is 0 Å². The Morgan fingerprint density at radius 3 is 1.70 bits per heavy atom. The van der Waals surface area contributed by atoms with Crippen molar-refractivity contribution in [3.63, 3.8) is 0 Å². The molecule has 0 aliphatic rings. The molecular formula is C19H21N3O8. The maximum Gasteiger partial charge on any atom is 0.317 e. The molecule has 0 fully saturated rings. The normalized spacial score (nSPS) is 11.1. The van der Waals surface area contributed by atoms with Crippen LogP contribution in [0.5, 0.6) is 0 Å². The van der Waals surface area contributed by atoms with Gasteiger partial charge in [-0.25, -0.2) is 0 Å². The predicted octanol–water partition coefficient (Wildman–Crippen LogP) is 0.177. The van der Waals surface area contributed by atoms with E-state index < -0.39 is 50.1 Å². The summed E-state index contributed by atoms with van der Waals surface area (Å²) in [5.74, 6) is -4.76. The molecule has 2 rings (SSSR count). The van der Waals surface area contributed by atoms with Gasteiger partial charge in [-0.3, -0.25) is 34.0 Å². The van der Waals surface area contributed by atoms with Gasteiger partial charge >= 0.3 is 23.9 Å². The Balaban J connectivity index is 2.40. The van der Waals surface area contributed by atoms with E-state index in [0.29, 0.717) is 16.8 Å². The first kappa shape index (κ1) is 22.7. The lowest BCUT2D eigenvalue weighted by Gasteiger charge is -2.21. The summed E-state index contributed by atoms with van der Waals surface area (Å²) in [6.07, 6.45) is 0. The van der Waals surface area contributed by atoms with Crippen molar-refractivity contribution in [3.8, 4) is 0 Å². The highest BCUT2D eigenvalue weighted by Gasteiger charge is 2.19. The van der Waals surface area contributed by atoms with Crippen LogP contribution in [0.15, 0.2) is 30.3 Å². The number of fused-ring (bicyclic) bond motifs is 1. The van der Waals surface area contributed by atoms with Crippen LogP contribution < -0.4 is 0 Å². The Kier molecular flexibility index (Phi) is 7.78. The summed E-state index contributed by atoms with van der Waals surface area (Å²) in [7, 11) is 0. The quantitative estimate of drug-likeness (QED) is 0.370. The van der Waals surface area contributed by atoms with Crippen molar-refractivity contribution in [2.75, 3.05) is 26.2 Å². The van der Waals surface area contributed by atoms with Gasteiger partial charge in [-0.1, -0.05) is 24.3 Å². The van der Waals surface area contributed by atoms with Crippen molar-refractivity contribution in [2.24, 2.45) is 0 Å². The molecule has 0 spiro atoms. The van der Waals surface area contributed by atoms with Gasteiger partial charge in [0.25, 0.3) is 0 Å². The Labute approximate surface area is 170 Å². The molecule has 0 bridgehead atoms. The number of pyridine rings is 1. The third-order valence-electron chi connectivity index (χ3n) is 4.07. The van der Waals surface area contributed by atoms with Crippen LogP contribution in [-0.2, 0) is 32.3 Å². The zero-order valence-corrected chi connectivity index (χ0v) is 15.9. The van der Waals surface area contributed by atoms with Crippen LogP contribution in [0.2, 0.25) is 0 Å². The van der Waals surface area contributed by atoms with Crippen molar-refractivity contribution in [3.05, 3.63) is 41.7 Å². The molecule has 0 aliphatic heterocycles. The molecule has 1 aromatic carbocycles. The summed E-state index contributed by atoms with van der Waals surface area (Å²) >= 11 is 0. The second-order valence-electron chi connectivity index (χ2n) is 6.65. The third-order valence-corrected chi connectivity index (χ3v) is 4.07. The first-order valence-corrected chi connectivity index (χ1v) is 8.83. The van der Waals surface area contributed by atoms with E-state index in [1.54, 1.807) is 30.3 Å². The van der Waals surface area contributed by atoms with E-state index in [0.717, 1.165) is 5.39 Å². The highest BCUT2D eigenvalue weighted by atomic mass is 16.4. The van der Waals surface area contributed by atoms with Crippen LogP contribution in [0.1, 0.15) is 11.4 Å². The van der Waals surface area contributed by atoms with E-state index in [2.05, 4.69) is 4.98 Å². The molecule has 11 heteroatoms. The molecule has 2 aromatic rings. The number of aliphatic carboxylic acids is 4. The second kappa shape index (κ2) is 10.3. The molecule has 0 saturated carbocycles. The van der Waals surface area contributed by atoms with E-state index in [-0.39, 0.29) is 13.1 Å². The maximum atomic E-state index is 11.1. The monoisotopic (exact) mass is 419 g/mol. The molecule has 0 saturated heterocycles. The highest BCUT2D eigenvalue weighted by Crippen LogP contribution is 2.21. The molecule has 1 aromatic heterocycles. The summed E-state index contributed by atoms with van der Waals surface area (Å²) in [6, 6.07) is 8.75. The predicted molar refractivity (Wildman–Crippen MR) is 103 cm³/mol. The number of carboxylic acid groups (broad SMARTS) is 4. The van der Waals surface area contributed by atoms with Gasteiger partial charge in [0.2, 0.25) is 0 Å². The Bertz CT molecular complexity index is 930. The fourth-order valence-electron chi connectivity index (χ4n) is 3.07. The van der Waals surface area contributed by atoms with Gasteiger partial charge in [-0.05, 0) is 11.5 Å². The molecule has 30 heavy (non-hydrogen) atoms. The summed E-state index contributed by atoms with van der Waals surface area (Å²) in [5.41, 5.74) is 0.799. The van der Waals surface area contributed by atoms with E-state index in [4.69, 9.17) is 20.4 Å². The number of nitrogens with zero attached hydrogens (tertiary/aromatic N) is 3. The SMILES string of the molecule is O=C(O)CN(CC(=O)O)Cc1cc2ccccc2c(CN(CC(=O)O)CC(=O)O)n1. The topological polar surface area (TPSA) is 169 Å². The minimum atomic E-state index is -1.19. The molecule has 160 valence electrons. The molecule has 0 amide bonds. The number of hydrogen-bond acceptors (Lipinski definition) is 7. The number of benzene rings is 1. The number of aromatic nitrogens is 1. The van der Waals surface area contributed by atoms with Crippen molar-refractivity contribution in [2.45, 2.75) is 13.1 Å². The fraction of sp³-hybridized carbons (Fsp3) is 0.316. The van der Waals surface area contributed by atoms with Crippen molar-refractivity contribution in [1.29, 1.82) is 0 Å². The van der Waals surface area contributed by atoms with Crippen LogP contribution in [-0.4, -0.2) is 85.3 Å². The Hall–Kier alpha value is -3.57. The highest BCUT2D eigenvalue weighted by molar-refractivity contribution is 5.85. The fourth-order valence-corrected chi connectivity index (χ4v) is 3.07. The lowest BCUT2D eigenvalue weighted by atomic mass is 10.1. The van der Waals surface area contributed by atoms with Crippen LogP contribution in [0.3, 0.4) is 0 Å². The number of carbonyl (C=O) groups is 4. The van der Waals surface area contributed by atoms with E-state index in [1.807, 2.05) is 0 Å². The first-order chi connectivity index (χ1) is 14.1. The standard InChI is InChI=1S/C19H21N3O8/c23-16(24)8-21(9-17(25)26)6-13-5-12-3-1-2-4-14(12)15(20-13)7-22(10-18(27)28)11-19(29)30/h1-5H,6-11H2,(H,23,24)(H,25,26)(H,27,28)(H,29,30). The summed E-state index contributed by atoms with van der Waals surface area (Å²) < 4.78 is 0. The van der Waals surface area contributed by atoms with Crippen LogP contribution in [0, 0.1) is 0 Å². The minimum Gasteiger partial charge on any atom is -0.480 e. The lowest BCUT2D eigenvalue weighted by molar-refractivity contribution is -0.144. The largest absolute Gasteiger partial charge is 0.480 e. The smallest absolute Gasteiger partial charge is 0.317 e. The number of carboxylic acids is 4.